The van der Waals surface area contributed by atoms with Crippen LogP contribution in [0.15, 0.2) is 29.2 Å². The lowest BCUT2D eigenvalue weighted by Gasteiger charge is -2.34. The third-order valence-electron chi connectivity index (χ3n) is 3.86. The third-order valence-corrected chi connectivity index (χ3v) is 4.97. The van der Waals surface area contributed by atoms with E-state index in [0.29, 0.717) is 12.1 Å². The molecule has 6 heteroatoms. The quantitative estimate of drug-likeness (QED) is 0.910. The van der Waals surface area contributed by atoms with E-state index in [0.717, 1.165) is 32.2 Å². The van der Waals surface area contributed by atoms with Crippen LogP contribution < -0.4 is 5.32 Å². The maximum atomic E-state index is 12.7. The van der Waals surface area contributed by atoms with Gasteiger partial charge in [0.2, 0.25) is 0 Å². The van der Waals surface area contributed by atoms with Gasteiger partial charge >= 0.3 is 0 Å². The Labute approximate surface area is 126 Å². The van der Waals surface area contributed by atoms with Crippen molar-refractivity contribution < 1.29 is 13.2 Å². The Morgan fingerprint density at radius 3 is 2.57 bits per heavy atom. The summed E-state index contributed by atoms with van der Waals surface area (Å²) in [6.45, 7) is 4.42. The summed E-state index contributed by atoms with van der Waals surface area (Å²) in [7, 11) is -3.30. The van der Waals surface area contributed by atoms with Gasteiger partial charge in [0.25, 0.3) is 5.91 Å². The average Bonchev–Trinajstić information content (AvgIpc) is 2.48. The molecule has 5 nitrogen and oxygen atoms in total. The lowest BCUT2D eigenvalue weighted by atomic mass is 10.0. The summed E-state index contributed by atoms with van der Waals surface area (Å²) in [6.07, 6.45) is 3.03. The second-order valence-corrected chi connectivity index (χ2v) is 7.39. The Hall–Kier alpha value is -1.40. The van der Waals surface area contributed by atoms with Crippen LogP contribution in [0.3, 0.4) is 0 Å². The fourth-order valence-corrected chi connectivity index (χ4v) is 3.38. The summed E-state index contributed by atoms with van der Waals surface area (Å²) < 4.78 is 23.2. The van der Waals surface area contributed by atoms with Gasteiger partial charge in [0, 0.05) is 24.4 Å². The number of hydrogen-bond acceptors (Lipinski definition) is 4. The van der Waals surface area contributed by atoms with E-state index in [2.05, 4.69) is 5.32 Å². The topological polar surface area (TPSA) is 66.5 Å². The summed E-state index contributed by atoms with van der Waals surface area (Å²) in [6, 6.07) is 6.53. The van der Waals surface area contributed by atoms with E-state index in [1.54, 1.807) is 12.1 Å². The molecule has 116 valence electrons. The summed E-state index contributed by atoms with van der Waals surface area (Å²) in [4.78, 5) is 14.7. The van der Waals surface area contributed by atoms with Crippen molar-refractivity contribution in [2.24, 2.45) is 0 Å². The van der Waals surface area contributed by atoms with Crippen molar-refractivity contribution in [3.8, 4) is 0 Å². The van der Waals surface area contributed by atoms with E-state index in [1.807, 2.05) is 11.8 Å². The van der Waals surface area contributed by atoms with Gasteiger partial charge in [-0.3, -0.25) is 4.79 Å². The number of rotatable bonds is 4. The molecule has 0 unspecified atom stereocenters. The van der Waals surface area contributed by atoms with Crippen LogP contribution in [-0.2, 0) is 9.84 Å². The number of carbonyl (C=O) groups excluding carboxylic acids is 1. The SMILES string of the molecule is CCN(C(=O)c1cccc(S(C)(=O)=O)c1)C1CCNCC1. The van der Waals surface area contributed by atoms with Crippen molar-refractivity contribution in [2.45, 2.75) is 30.7 Å². The predicted molar refractivity (Wildman–Crippen MR) is 82.2 cm³/mol. The molecule has 0 saturated carbocycles. The maximum absolute atomic E-state index is 12.7. The second kappa shape index (κ2) is 6.58. The molecule has 0 aliphatic carbocycles. The summed E-state index contributed by atoms with van der Waals surface area (Å²) in [5.41, 5.74) is 0.443. The summed E-state index contributed by atoms with van der Waals surface area (Å²) in [5, 5.41) is 3.28. The van der Waals surface area contributed by atoms with E-state index in [9.17, 15) is 13.2 Å². The van der Waals surface area contributed by atoms with Crippen LogP contribution in [0.1, 0.15) is 30.1 Å². The largest absolute Gasteiger partial charge is 0.336 e. The average molecular weight is 310 g/mol. The number of carbonyl (C=O) groups is 1. The van der Waals surface area contributed by atoms with Gasteiger partial charge in [-0.15, -0.1) is 0 Å². The number of amides is 1. The Morgan fingerprint density at radius 2 is 2.00 bits per heavy atom. The van der Waals surface area contributed by atoms with Crippen molar-refractivity contribution in [1.82, 2.24) is 10.2 Å². The van der Waals surface area contributed by atoms with Gasteiger partial charge in [0.05, 0.1) is 4.90 Å². The van der Waals surface area contributed by atoms with Crippen molar-refractivity contribution in [3.63, 3.8) is 0 Å². The summed E-state index contributed by atoms with van der Waals surface area (Å²) in [5.74, 6) is -0.0881. The molecule has 1 fully saturated rings. The number of nitrogens with zero attached hydrogens (tertiary/aromatic N) is 1. The zero-order chi connectivity index (χ0) is 15.5. The third kappa shape index (κ3) is 3.83. The van der Waals surface area contributed by atoms with E-state index in [4.69, 9.17) is 0 Å². The molecule has 0 radical (unpaired) electrons. The van der Waals surface area contributed by atoms with Crippen LogP contribution >= 0.6 is 0 Å². The molecule has 1 aromatic carbocycles. The minimum atomic E-state index is -3.30. The van der Waals surface area contributed by atoms with Crippen molar-refractivity contribution in [3.05, 3.63) is 29.8 Å². The lowest BCUT2D eigenvalue weighted by Crippen LogP contribution is -2.46. The van der Waals surface area contributed by atoms with Crippen LogP contribution in [0, 0.1) is 0 Å². The fraction of sp³-hybridized carbons (Fsp3) is 0.533. The van der Waals surface area contributed by atoms with Gasteiger partial charge in [-0.25, -0.2) is 8.42 Å². The minimum Gasteiger partial charge on any atom is -0.336 e. The van der Waals surface area contributed by atoms with E-state index >= 15 is 0 Å². The van der Waals surface area contributed by atoms with Crippen LogP contribution in [0.25, 0.3) is 0 Å². The molecule has 2 rings (SSSR count). The Morgan fingerprint density at radius 1 is 1.33 bits per heavy atom. The number of piperidine rings is 1. The predicted octanol–water partition coefficient (Wildman–Crippen LogP) is 1.30. The fourth-order valence-electron chi connectivity index (χ4n) is 2.71. The van der Waals surface area contributed by atoms with Crippen LogP contribution in [0.2, 0.25) is 0 Å². The highest BCUT2D eigenvalue weighted by molar-refractivity contribution is 7.90. The molecule has 0 spiro atoms. The number of nitrogens with one attached hydrogen (secondary N) is 1. The molecular formula is C15H22N2O3S. The number of benzene rings is 1. The number of sulfone groups is 1. The minimum absolute atomic E-state index is 0.0881. The first kappa shape index (κ1) is 16.0. The molecule has 1 aliphatic heterocycles. The van der Waals surface area contributed by atoms with Gasteiger partial charge in [0.1, 0.15) is 0 Å². The van der Waals surface area contributed by atoms with Crippen molar-refractivity contribution >= 4 is 15.7 Å². The molecule has 0 aromatic heterocycles. The molecule has 0 atom stereocenters. The molecule has 21 heavy (non-hydrogen) atoms. The molecule has 1 heterocycles. The van der Waals surface area contributed by atoms with Crippen molar-refractivity contribution in [2.75, 3.05) is 25.9 Å². The molecule has 1 saturated heterocycles. The second-order valence-electron chi connectivity index (χ2n) is 5.37. The van der Waals surface area contributed by atoms with Crippen molar-refractivity contribution in [1.29, 1.82) is 0 Å². The van der Waals surface area contributed by atoms with E-state index < -0.39 is 9.84 Å². The first-order valence-corrected chi connectivity index (χ1v) is 9.14. The van der Waals surface area contributed by atoms with E-state index in [-0.39, 0.29) is 16.8 Å². The van der Waals surface area contributed by atoms with Crippen LogP contribution in [-0.4, -0.2) is 51.2 Å². The van der Waals surface area contributed by atoms with Gasteiger partial charge in [-0.1, -0.05) is 6.07 Å². The lowest BCUT2D eigenvalue weighted by molar-refractivity contribution is 0.0656. The molecule has 0 bridgehead atoms. The molecule has 1 amide bonds. The zero-order valence-corrected chi connectivity index (χ0v) is 13.3. The standard InChI is InChI=1S/C15H22N2O3S/c1-3-17(13-7-9-16-10-8-13)15(18)12-5-4-6-14(11-12)21(2,19)20/h4-6,11,13,16H,3,7-10H2,1-2H3. The molecule has 1 N–H and O–H groups in total. The highest BCUT2D eigenvalue weighted by Crippen LogP contribution is 2.18. The van der Waals surface area contributed by atoms with E-state index in [1.165, 1.54) is 12.1 Å². The molecular weight excluding hydrogens is 288 g/mol. The number of hydrogen-bond donors (Lipinski definition) is 1. The van der Waals surface area contributed by atoms with Gasteiger partial charge < -0.3 is 10.2 Å². The highest BCUT2D eigenvalue weighted by atomic mass is 32.2. The monoisotopic (exact) mass is 310 g/mol. The van der Waals surface area contributed by atoms with Crippen LogP contribution in [0.4, 0.5) is 0 Å². The zero-order valence-electron chi connectivity index (χ0n) is 12.5. The van der Waals surface area contributed by atoms with Gasteiger partial charge in [-0.05, 0) is 51.1 Å². The first-order chi connectivity index (χ1) is 9.93. The summed E-state index contributed by atoms with van der Waals surface area (Å²) >= 11 is 0. The van der Waals surface area contributed by atoms with Crippen LogP contribution in [0.5, 0.6) is 0 Å². The first-order valence-electron chi connectivity index (χ1n) is 7.25. The maximum Gasteiger partial charge on any atom is 0.254 e. The normalized spacial score (nSPS) is 16.7. The smallest absolute Gasteiger partial charge is 0.254 e. The van der Waals surface area contributed by atoms with Gasteiger partial charge in [-0.2, -0.15) is 0 Å². The molecule has 1 aromatic rings. The Kier molecular flexibility index (Phi) is 5.00. The Balaban J connectivity index is 2.25. The Bertz CT molecular complexity index is 607. The molecule has 1 aliphatic rings. The van der Waals surface area contributed by atoms with Gasteiger partial charge in [0.15, 0.2) is 9.84 Å². The highest BCUT2D eigenvalue weighted by Gasteiger charge is 2.25.